The van der Waals surface area contributed by atoms with Gasteiger partial charge in [-0.3, -0.25) is 0 Å². The summed E-state index contributed by atoms with van der Waals surface area (Å²) >= 11 is 4.19. The van der Waals surface area contributed by atoms with Gasteiger partial charge in [0, 0.05) is 18.3 Å². The molecule has 0 aromatic rings. The van der Waals surface area contributed by atoms with Crippen molar-refractivity contribution in [1.82, 2.24) is 4.90 Å². The van der Waals surface area contributed by atoms with Crippen molar-refractivity contribution in [3.63, 3.8) is 0 Å². The van der Waals surface area contributed by atoms with Crippen LogP contribution in [-0.4, -0.2) is 30.3 Å². The molecule has 0 atom stereocenters. The van der Waals surface area contributed by atoms with Gasteiger partial charge in [-0.15, -0.1) is 0 Å². The third-order valence-electron chi connectivity index (χ3n) is 2.02. The van der Waals surface area contributed by atoms with Crippen molar-refractivity contribution in [3.05, 3.63) is 0 Å². The summed E-state index contributed by atoms with van der Waals surface area (Å²) in [5.74, 6) is 0.965. The Labute approximate surface area is 70.2 Å². The van der Waals surface area contributed by atoms with Crippen LogP contribution < -0.4 is 0 Å². The van der Waals surface area contributed by atoms with E-state index in [2.05, 4.69) is 38.4 Å². The summed E-state index contributed by atoms with van der Waals surface area (Å²) < 4.78 is 0. The van der Waals surface area contributed by atoms with Crippen molar-refractivity contribution in [2.75, 3.05) is 19.3 Å². The highest BCUT2D eigenvalue weighted by Crippen LogP contribution is 2.04. The largest absolute Gasteiger partial charge is 0.303 e. The lowest BCUT2D eigenvalue weighted by atomic mass is 10.1. The molecule has 0 aliphatic carbocycles. The molecule has 0 heterocycles. The molecule has 0 fully saturated rings. The summed E-state index contributed by atoms with van der Waals surface area (Å²) in [6.45, 7) is 5.59. The Morgan fingerprint density at radius 1 is 1.30 bits per heavy atom. The second-order valence-electron chi connectivity index (χ2n) is 2.67. The Morgan fingerprint density at radius 3 is 2.10 bits per heavy atom. The Balaban J connectivity index is 3.53. The Morgan fingerprint density at radius 2 is 1.80 bits per heavy atom. The van der Waals surface area contributed by atoms with E-state index in [1.54, 1.807) is 0 Å². The van der Waals surface area contributed by atoms with Crippen molar-refractivity contribution in [2.24, 2.45) is 0 Å². The molecule has 62 valence electrons. The molecule has 0 amide bonds. The molecule has 0 aliphatic rings. The van der Waals surface area contributed by atoms with Gasteiger partial charge in [0.1, 0.15) is 0 Å². The van der Waals surface area contributed by atoms with Gasteiger partial charge in [0.15, 0.2) is 0 Å². The van der Waals surface area contributed by atoms with Crippen molar-refractivity contribution in [3.8, 4) is 0 Å². The molecule has 0 aliphatic heterocycles. The predicted molar refractivity (Wildman–Crippen MR) is 50.9 cm³/mol. The fourth-order valence-corrected chi connectivity index (χ4v) is 1.57. The highest BCUT2D eigenvalue weighted by Gasteiger charge is 2.07. The summed E-state index contributed by atoms with van der Waals surface area (Å²) in [6.07, 6.45) is 2.50. The van der Waals surface area contributed by atoms with Gasteiger partial charge in [-0.2, -0.15) is 12.6 Å². The summed E-state index contributed by atoms with van der Waals surface area (Å²) in [5.41, 5.74) is 0. The fourth-order valence-electron chi connectivity index (χ4n) is 1.25. The minimum Gasteiger partial charge on any atom is -0.303 e. The maximum Gasteiger partial charge on any atom is 0.00872 e. The van der Waals surface area contributed by atoms with Crippen LogP contribution in [0.2, 0.25) is 0 Å². The van der Waals surface area contributed by atoms with Gasteiger partial charge < -0.3 is 4.90 Å². The predicted octanol–water partition coefficient (Wildman–Crippen LogP) is 2.04. The normalized spacial score (nSPS) is 11.4. The number of hydrogen-bond donors (Lipinski definition) is 1. The molecular weight excluding hydrogens is 142 g/mol. The van der Waals surface area contributed by atoms with Gasteiger partial charge >= 0.3 is 0 Å². The van der Waals surface area contributed by atoms with E-state index in [0.717, 1.165) is 18.3 Å². The van der Waals surface area contributed by atoms with Gasteiger partial charge in [0.2, 0.25) is 0 Å². The number of hydrogen-bond acceptors (Lipinski definition) is 2. The van der Waals surface area contributed by atoms with E-state index in [1.165, 1.54) is 12.8 Å². The van der Waals surface area contributed by atoms with Crippen molar-refractivity contribution < 1.29 is 0 Å². The van der Waals surface area contributed by atoms with Crippen LogP contribution in [0, 0.1) is 0 Å². The van der Waals surface area contributed by atoms with E-state index in [1.807, 2.05) is 0 Å². The second-order valence-corrected chi connectivity index (χ2v) is 3.12. The lowest BCUT2D eigenvalue weighted by Crippen LogP contribution is -2.32. The van der Waals surface area contributed by atoms with Gasteiger partial charge in [-0.25, -0.2) is 0 Å². The standard InChI is InChI=1S/C8H19NS/c1-4-8(5-2)9(3)6-7-10/h8,10H,4-7H2,1-3H3. The number of thiol groups is 1. The van der Waals surface area contributed by atoms with E-state index in [9.17, 15) is 0 Å². The summed E-state index contributed by atoms with van der Waals surface area (Å²) in [5, 5.41) is 0. The molecule has 1 nitrogen and oxygen atoms in total. The first kappa shape index (κ1) is 10.3. The molecule has 0 saturated carbocycles. The van der Waals surface area contributed by atoms with E-state index in [-0.39, 0.29) is 0 Å². The Hall–Kier alpha value is 0.310. The van der Waals surface area contributed by atoms with Crippen LogP contribution in [0.4, 0.5) is 0 Å². The number of nitrogens with zero attached hydrogens (tertiary/aromatic N) is 1. The van der Waals surface area contributed by atoms with Crippen LogP contribution >= 0.6 is 12.6 Å². The molecule has 0 aromatic heterocycles. The van der Waals surface area contributed by atoms with Crippen molar-refractivity contribution in [1.29, 1.82) is 0 Å². The van der Waals surface area contributed by atoms with Crippen LogP contribution in [0.3, 0.4) is 0 Å². The van der Waals surface area contributed by atoms with Gasteiger partial charge in [0.25, 0.3) is 0 Å². The first-order valence-corrected chi connectivity index (χ1v) is 4.70. The highest BCUT2D eigenvalue weighted by atomic mass is 32.1. The van der Waals surface area contributed by atoms with Gasteiger partial charge in [-0.05, 0) is 19.9 Å². The average Bonchev–Trinajstić information content (AvgIpc) is 1.91. The molecule has 10 heavy (non-hydrogen) atoms. The van der Waals surface area contributed by atoms with E-state index >= 15 is 0 Å². The zero-order valence-electron chi connectivity index (χ0n) is 7.30. The fraction of sp³-hybridized carbons (Fsp3) is 1.00. The highest BCUT2D eigenvalue weighted by molar-refractivity contribution is 7.80. The van der Waals surface area contributed by atoms with E-state index < -0.39 is 0 Å². The third kappa shape index (κ3) is 3.47. The molecular formula is C8H19NS. The third-order valence-corrected chi connectivity index (χ3v) is 2.22. The van der Waals surface area contributed by atoms with E-state index in [4.69, 9.17) is 0 Å². The van der Waals surface area contributed by atoms with Crippen LogP contribution in [0.5, 0.6) is 0 Å². The van der Waals surface area contributed by atoms with E-state index in [0.29, 0.717) is 0 Å². The first-order chi connectivity index (χ1) is 4.76. The van der Waals surface area contributed by atoms with Crippen LogP contribution in [0.15, 0.2) is 0 Å². The quantitative estimate of drug-likeness (QED) is 0.604. The van der Waals surface area contributed by atoms with Crippen LogP contribution in [0.25, 0.3) is 0 Å². The lowest BCUT2D eigenvalue weighted by Gasteiger charge is -2.24. The molecule has 0 radical (unpaired) electrons. The topological polar surface area (TPSA) is 3.24 Å². The summed E-state index contributed by atoms with van der Waals surface area (Å²) in [4.78, 5) is 2.38. The van der Waals surface area contributed by atoms with Crippen molar-refractivity contribution >= 4 is 12.6 Å². The summed E-state index contributed by atoms with van der Waals surface area (Å²) in [6, 6.07) is 0.757. The molecule has 0 spiro atoms. The molecule has 0 N–H and O–H groups in total. The SMILES string of the molecule is CCC(CC)N(C)CCS. The Kier molecular flexibility index (Phi) is 6.24. The van der Waals surface area contributed by atoms with Crippen LogP contribution in [-0.2, 0) is 0 Å². The minimum absolute atomic E-state index is 0.757. The van der Waals surface area contributed by atoms with Crippen molar-refractivity contribution in [2.45, 2.75) is 32.7 Å². The molecule has 0 saturated heterocycles. The second kappa shape index (κ2) is 6.05. The zero-order valence-corrected chi connectivity index (χ0v) is 8.19. The minimum atomic E-state index is 0.757. The van der Waals surface area contributed by atoms with Gasteiger partial charge in [-0.1, -0.05) is 13.8 Å². The summed E-state index contributed by atoms with van der Waals surface area (Å²) in [7, 11) is 2.17. The maximum absolute atomic E-state index is 4.19. The van der Waals surface area contributed by atoms with Gasteiger partial charge in [0.05, 0.1) is 0 Å². The smallest absolute Gasteiger partial charge is 0.00872 e. The Bertz CT molecular complexity index is 71.7. The first-order valence-electron chi connectivity index (χ1n) is 4.07. The zero-order chi connectivity index (χ0) is 7.98. The monoisotopic (exact) mass is 161 g/mol. The molecule has 0 rings (SSSR count). The molecule has 0 aromatic carbocycles. The number of rotatable bonds is 5. The maximum atomic E-state index is 4.19. The van der Waals surface area contributed by atoms with Crippen LogP contribution in [0.1, 0.15) is 26.7 Å². The molecule has 0 unspecified atom stereocenters. The average molecular weight is 161 g/mol. The molecule has 0 bridgehead atoms. The lowest BCUT2D eigenvalue weighted by molar-refractivity contribution is 0.243. The molecule has 2 heteroatoms.